The van der Waals surface area contributed by atoms with Gasteiger partial charge in [0.15, 0.2) is 0 Å². The Bertz CT molecular complexity index is 768. The highest BCUT2D eigenvalue weighted by Gasteiger charge is 2.36. The first-order valence-electron chi connectivity index (χ1n) is 10.3. The van der Waals surface area contributed by atoms with E-state index in [1.165, 1.54) is 16.7 Å². The van der Waals surface area contributed by atoms with Crippen molar-refractivity contribution in [3.63, 3.8) is 0 Å². The molecule has 0 saturated heterocycles. The molecule has 0 unspecified atom stereocenters. The second-order valence-corrected chi connectivity index (χ2v) is 8.39. The molecule has 0 aromatic heterocycles. The molecule has 3 aromatic carbocycles. The minimum atomic E-state index is -0.354. The Hall–Kier alpha value is -2.52. The van der Waals surface area contributed by atoms with Gasteiger partial charge < -0.3 is 5.32 Å². The Balaban J connectivity index is 1.94. The lowest BCUT2D eigenvalue weighted by Crippen LogP contribution is -2.28. The first-order chi connectivity index (χ1) is 14.3. The molecule has 0 aliphatic heterocycles. The molecule has 3 rings (SSSR count). The number of hydrogen-bond acceptors (Lipinski definition) is 2. The quantitative estimate of drug-likeness (QED) is 0.331. The topological polar surface area (TPSA) is 29.1 Å². The number of carbonyl (C=O) groups is 1. The zero-order chi connectivity index (χ0) is 20.4. The zero-order valence-electron chi connectivity index (χ0n) is 17.0. The van der Waals surface area contributed by atoms with E-state index >= 15 is 0 Å². The van der Waals surface area contributed by atoms with Gasteiger partial charge >= 0.3 is 0 Å². The molecule has 0 radical (unpaired) electrons. The summed E-state index contributed by atoms with van der Waals surface area (Å²) in [6, 6.07) is 31.8. The maximum absolute atomic E-state index is 12.3. The van der Waals surface area contributed by atoms with E-state index in [-0.39, 0.29) is 10.7 Å². The van der Waals surface area contributed by atoms with Crippen LogP contribution >= 0.6 is 11.8 Å². The van der Waals surface area contributed by atoms with Gasteiger partial charge in [0, 0.05) is 18.7 Å². The Morgan fingerprint density at radius 1 is 0.793 bits per heavy atom. The summed E-state index contributed by atoms with van der Waals surface area (Å²) in [5.74, 6) is 0.880. The van der Waals surface area contributed by atoms with Crippen LogP contribution in [0.3, 0.4) is 0 Å². The molecule has 0 fully saturated rings. The van der Waals surface area contributed by atoms with Crippen LogP contribution in [-0.2, 0) is 9.54 Å². The number of nitrogens with one attached hydrogen (secondary N) is 1. The van der Waals surface area contributed by atoms with Gasteiger partial charge in [-0.05, 0) is 23.1 Å². The second-order valence-electron chi connectivity index (χ2n) is 7.08. The number of hydrogen-bond donors (Lipinski definition) is 1. The maximum atomic E-state index is 12.3. The molecule has 0 saturated carbocycles. The van der Waals surface area contributed by atoms with Gasteiger partial charge in [-0.15, -0.1) is 11.8 Å². The summed E-state index contributed by atoms with van der Waals surface area (Å²) in [6.07, 6.45) is 2.64. The zero-order valence-corrected chi connectivity index (χ0v) is 17.8. The fourth-order valence-electron chi connectivity index (χ4n) is 3.56. The first-order valence-corrected chi connectivity index (χ1v) is 11.3. The van der Waals surface area contributed by atoms with Gasteiger partial charge in [0.25, 0.3) is 0 Å². The van der Waals surface area contributed by atoms with E-state index in [0.29, 0.717) is 6.42 Å². The summed E-state index contributed by atoms with van der Waals surface area (Å²) >= 11 is 1.83. The minimum absolute atomic E-state index is 0.133. The number of benzene rings is 3. The Labute approximate surface area is 178 Å². The Morgan fingerprint density at radius 2 is 1.24 bits per heavy atom. The largest absolute Gasteiger partial charge is 0.356 e. The SMILES string of the molecule is CCCCNC(=O)CCSC(c1ccccc1)(c1ccccc1)c1ccccc1. The molecule has 0 heterocycles. The van der Waals surface area contributed by atoms with E-state index in [1.807, 2.05) is 11.8 Å². The molecule has 1 N–H and O–H groups in total. The number of amides is 1. The minimum Gasteiger partial charge on any atom is -0.356 e. The third-order valence-corrected chi connectivity index (χ3v) is 6.59. The van der Waals surface area contributed by atoms with Crippen molar-refractivity contribution in [2.75, 3.05) is 12.3 Å². The molecule has 1 amide bonds. The molecule has 3 heteroatoms. The summed E-state index contributed by atoms with van der Waals surface area (Å²) in [5.41, 5.74) is 3.69. The normalized spacial score (nSPS) is 11.2. The van der Waals surface area contributed by atoms with E-state index in [1.54, 1.807) is 0 Å². The van der Waals surface area contributed by atoms with Crippen molar-refractivity contribution in [1.82, 2.24) is 5.32 Å². The molecular weight excluding hydrogens is 374 g/mol. The van der Waals surface area contributed by atoms with Crippen LogP contribution < -0.4 is 5.32 Å². The lowest BCUT2D eigenvalue weighted by atomic mass is 9.84. The van der Waals surface area contributed by atoms with Gasteiger partial charge in [0.05, 0.1) is 4.75 Å². The average molecular weight is 404 g/mol. The summed E-state index contributed by atoms with van der Waals surface area (Å²) in [5, 5.41) is 3.04. The molecule has 0 bridgehead atoms. The highest BCUT2D eigenvalue weighted by molar-refractivity contribution is 8.00. The number of carbonyl (C=O) groups excluding carboxylic acids is 1. The van der Waals surface area contributed by atoms with Crippen LogP contribution in [0, 0.1) is 0 Å². The highest BCUT2D eigenvalue weighted by atomic mass is 32.2. The smallest absolute Gasteiger partial charge is 0.220 e. The first kappa shape index (κ1) is 21.2. The lowest BCUT2D eigenvalue weighted by Gasteiger charge is -2.35. The van der Waals surface area contributed by atoms with Crippen molar-refractivity contribution in [3.8, 4) is 0 Å². The van der Waals surface area contributed by atoms with Crippen LogP contribution in [0.15, 0.2) is 91.0 Å². The molecule has 0 atom stereocenters. The van der Waals surface area contributed by atoms with Gasteiger partial charge in [0.1, 0.15) is 0 Å². The lowest BCUT2D eigenvalue weighted by molar-refractivity contribution is -0.120. The standard InChI is InChI=1S/C26H29NOS/c1-2-3-20-27-25(28)19-21-29-26(22-13-7-4-8-14-22,23-15-9-5-10-16-23)24-17-11-6-12-18-24/h4-18H,2-3,19-21H2,1H3,(H,27,28). The predicted octanol–water partition coefficient (Wildman–Crippen LogP) is 6.02. The van der Waals surface area contributed by atoms with Crippen molar-refractivity contribution in [2.24, 2.45) is 0 Å². The van der Waals surface area contributed by atoms with Crippen LogP contribution in [0.4, 0.5) is 0 Å². The van der Waals surface area contributed by atoms with Crippen molar-refractivity contribution in [1.29, 1.82) is 0 Å². The van der Waals surface area contributed by atoms with E-state index in [9.17, 15) is 4.79 Å². The van der Waals surface area contributed by atoms with Crippen molar-refractivity contribution in [3.05, 3.63) is 108 Å². The van der Waals surface area contributed by atoms with Gasteiger partial charge in [-0.2, -0.15) is 0 Å². The third kappa shape index (κ3) is 5.30. The monoisotopic (exact) mass is 403 g/mol. The van der Waals surface area contributed by atoms with E-state index < -0.39 is 0 Å². The van der Waals surface area contributed by atoms with Crippen LogP contribution in [0.5, 0.6) is 0 Å². The molecule has 29 heavy (non-hydrogen) atoms. The summed E-state index contributed by atoms with van der Waals surface area (Å²) in [7, 11) is 0. The highest BCUT2D eigenvalue weighted by Crippen LogP contribution is 2.48. The van der Waals surface area contributed by atoms with E-state index in [4.69, 9.17) is 0 Å². The summed E-state index contributed by atoms with van der Waals surface area (Å²) < 4.78 is -0.354. The molecule has 0 aliphatic carbocycles. The van der Waals surface area contributed by atoms with Crippen molar-refractivity contribution < 1.29 is 4.79 Å². The van der Waals surface area contributed by atoms with Gasteiger partial charge in [-0.1, -0.05) is 104 Å². The molecule has 3 aromatic rings. The Morgan fingerprint density at radius 3 is 1.66 bits per heavy atom. The number of unbranched alkanes of at least 4 members (excludes halogenated alkanes) is 1. The summed E-state index contributed by atoms with van der Waals surface area (Å²) in [4.78, 5) is 12.3. The van der Waals surface area contributed by atoms with Crippen LogP contribution in [-0.4, -0.2) is 18.2 Å². The maximum Gasteiger partial charge on any atom is 0.220 e. The van der Waals surface area contributed by atoms with Gasteiger partial charge in [0.2, 0.25) is 5.91 Å². The summed E-state index contributed by atoms with van der Waals surface area (Å²) in [6.45, 7) is 2.90. The Kier molecular flexibility index (Phi) is 7.94. The van der Waals surface area contributed by atoms with Crippen LogP contribution in [0.1, 0.15) is 42.9 Å². The molecule has 0 spiro atoms. The second kappa shape index (κ2) is 10.9. The van der Waals surface area contributed by atoms with Gasteiger partial charge in [-0.25, -0.2) is 0 Å². The fraction of sp³-hybridized carbons (Fsp3) is 0.269. The van der Waals surface area contributed by atoms with E-state index in [2.05, 4.69) is 103 Å². The number of rotatable bonds is 10. The molecule has 2 nitrogen and oxygen atoms in total. The molecule has 150 valence electrons. The molecular formula is C26H29NOS. The predicted molar refractivity (Wildman–Crippen MR) is 124 cm³/mol. The van der Waals surface area contributed by atoms with Gasteiger partial charge in [-0.3, -0.25) is 4.79 Å². The van der Waals surface area contributed by atoms with E-state index in [0.717, 1.165) is 25.1 Å². The number of thioether (sulfide) groups is 1. The van der Waals surface area contributed by atoms with Crippen LogP contribution in [0.25, 0.3) is 0 Å². The van der Waals surface area contributed by atoms with Crippen molar-refractivity contribution in [2.45, 2.75) is 30.9 Å². The molecule has 0 aliphatic rings. The third-order valence-electron chi connectivity index (χ3n) is 5.04. The van der Waals surface area contributed by atoms with Crippen LogP contribution in [0.2, 0.25) is 0 Å². The van der Waals surface area contributed by atoms with Crippen molar-refractivity contribution >= 4 is 17.7 Å². The average Bonchev–Trinajstić information content (AvgIpc) is 2.79. The fourth-order valence-corrected chi connectivity index (χ4v) is 5.06.